The van der Waals surface area contributed by atoms with Crippen LogP contribution in [0.25, 0.3) is 0 Å². The van der Waals surface area contributed by atoms with E-state index in [1.54, 1.807) is 12.1 Å². The molecular weight excluding hydrogens is 336 g/mol. The lowest BCUT2D eigenvalue weighted by Gasteiger charge is -2.11. The Balaban J connectivity index is 2.44. The van der Waals surface area contributed by atoms with Crippen LogP contribution in [0.15, 0.2) is 44.4 Å². The van der Waals surface area contributed by atoms with Crippen LogP contribution in [0, 0.1) is 0 Å². The van der Waals surface area contributed by atoms with Gasteiger partial charge in [0, 0.05) is 21.7 Å². The Morgan fingerprint density at radius 1 is 1.33 bits per heavy atom. The molecule has 1 aromatic carbocycles. The van der Waals surface area contributed by atoms with E-state index in [-0.39, 0.29) is 4.90 Å². The summed E-state index contributed by atoms with van der Waals surface area (Å²) in [6.07, 6.45) is 0.325. The van der Waals surface area contributed by atoms with Crippen LogP contribution in [-0.2, 0) is 9.84 Å². The predicted molar refractivity (Wildman–Crippen MR) is 75.6 cm³/mol. The molecule has 0 saturated heterocycles. The molecule has 2 rings (SSSR count). The van der Waals surface area contributed by atoms with E-state index >= 15 is 0 Å². The first-order valence-electron chi connectivity index (χ1n) is 5.09. The maximum Gasteiger partial charge on any atom is 0.175 e. The van der Waals surface area contributed by atoms with Crippen molar-refractivity contribution in [2.24, 2.45) is 0 Å². The molecule has 2 aromatic rings. The largest absolute Gasteiger partial charge is 0.384 e. The number of benzene rings is 1. The van der Waals surface area contributed by atoms with E-state index < -0.39 is 15.9 Å². The van der Waals surface area contributed by atoms with Crippen molar-refractivity contribution < 1.29 is 13.5 Å². The van der Waals surface area contributed by atoms with Gasteiger partial charge in [-0.15, -0.1) is 0 Å². The zero-order valence-electron chi connectivity index (χ0n) is 9.50. The summed E-state index contributed by atoms with van der Waals surface area (Å²) in [4.78, 5) is 0.213. The molecule has 18 heavy (non-hydrogen) atoms. The van der Waals surface area contributed by atoms with Crippen molar-refractivity contribution in [2.45, 2.75) is 11.0 Å². The molecule has 0 radical (unpaired) electrons. The van der Waals surface area contributed by atoms with Crippen molar-refractivity contribution >= 4 is 37.1 Å². The Labute approximate surface area is 118 Å². The molecule has 0 aliphatic carbocycles. The second-order valence-corrected chi connectivity index (χ2v) is 7.54. The van der Waals surface area contributed by atoms with Gasteiger partial charge in [0.05, 0.1) is 4.90 Å². The van der Waals surface area contributed by atoms with E-state index in [1.807, 2.05) is 10.8 Å². The van der Waals surface area contributed by atoms with Crippen molar-refractivity contribution in [1.82, 2.24) is 0 Å². The molecule has 0 fully saturated rings. The van der Waals surface area contributed by atoms with E-state index in [2.05, 4.69) is 15.9 Å². The third-order valence-corrected chi connectivity index (χ3v) is 5.40. The molecule has 0 saturated carbocycles. The molecular formula is C12H11BrO3S2. The van der Waals surface area contributed by atoms with Gasteiger partial charge < -0.3 is 5.11 Å². The Kier molecular flexibility index (Phi) is 3.91. The Morgan fingerprint density at radius 2 is 2.06 bits per heavy atom. The van der Waals surface area contributed by atoms with Gasteiger partial charge >= 0.3 is 0 Å². The minimum atomic E-state index is -3.26. The second-order valence-electron chi connectivity index (χ2n) is 3.92. The number of halogens is 1. The molecule has 0 aliphatic rings. The number of sulfone groups is 1. The lowest BCUT2D eigenvalue weighted by atomic mass is 10.0. The number of hydrogen-bond acceptors (Lipinski definition) is 4. The predicted octanol–water partition coefficient (Wildman–Crippen LogP) is 3.00. The molecule has 0 amide bonds. The highest BCUT2D eigenvalue weighted by Crippen LogP contribution is 2.32. The number of aliphatic hydroxyl groups is 1. The summed E-state index contributed by atoms with van der Waals surface area (Å²) in [5.41, 5.74) is 1.31. The van der Waals surface area contributed by atoms with Crippen molar-refractivity contribution in [3.05, 3.63) is 50.6 Å². The van der Waals surface area contributed by atoms with Gasteiger partial charge in [0.25, 0.3) is 0 Å². The topological polar surface area (TPSA) is 54.4 Å². The molecule has 3 nitrogen and oxygen atoms in total. The summed E-state index contributed by atoms with van der Waals surface area (Å²) in [6.45, 7) is 0. The van der Waals surface area contributed by atoms with Crippen LogP contribution in [0.4, 0.5) is 0 Å². The molecule has 0 spiro atoms. The molecule has 1 aromatic heterocycles. The minimum absolute atomic E-state index is 0.213. The summed E-state index contributed by atoms with van der Waals surface area (Å²) < 4.78 is 23.8. The molecule has 1 N–H and O–H groups in total. The van der Waals surface area contributed by atoms with E-state index in [4.69, 9.17) is 0 Å². The van der Waals surface area contributed by atoms with E-state index in [1.165, 1.54) is 23.5 Å². The van der Waals surface area contributed by atoms with E-state index in [9.17, 15) is 13.5 Å². The molecule has 1 unspecified atom stereocenters. The van der Waals surface area contributed by atoms with Gasteiger partial charge in [0.2, 0.25) is 0 Å². The summed E-state index contributed by atoms with van der Waals surface area (Å²) in [5, 5.41) is 13.9. The van der Waals surface area contributed by atoms with Gasteiger partial charge in [0.15, 0.2) is 9.84 Å². The van der Waals surface area contributed by atoms with Crippen LogP contribution in [0.5, 0.6) is 0 Å². The second kappa shape index (κ2) is 5.13. The van der Waals surface area contributed by atoms with Crippen molar-refractivity contribution in [3.63, 3.8) is 0 Å². The quantitative estimate of drug-likeness (QED) is 0.929. The lowest BCUT2D eigenvalue weighted by Crippen LogP contribution is -2.02. The van der Waals surface area contributed by atoms with Crippen molar-refractivity contribution in [1.29, 1.82) is 0 Å². The summed E-state index contributed by atoms with van der Waals surface area (Å²) in [6, 6.07) is 6.37. The molecule has 96 valence electrons. The van der Waals surface area contributed by atoms with Crippen LogP contribution in [0.2, 0.25) is 0 Å². The number of thiophene rings is 1. The molecule has 1 heterocycles. The maximum absolute atomic E-state index is 11.5. The van der Waals surface area contributed by atoms with E-state index in [0.717, 1.165) is 16.3 Å². The van der Waals surface area contributed by atoms with Crippen molar-refractivity contribution in [3.8, 4) is 0 Å². The SMILES string of the molecule is CS(=O)(=O)c1cccc(C(O)c2cscc2Br)c1. The highest BCUT2D eigenvalue weighted by atomic mass is 79.9. The third-order valence-electron chi connectivity index (χ3n) is 2.54. The van der Waals surface area contributed by atoms with Gasteiger partial charge in [-0.2, -0.15) is 11.3 Å². The van der Waals surface area contributed by atoms with Crippen LogP contribution in [0.3, 0.4) is 0 Å². The highest BCUT2D eigenvalue weighted by molar-refractivity contribution is 9.10. The van der Waals surface area contributed by atoms with Gasteiger partial charge in [-0.05, 0) is 39.0 Å². The molecule has 0 bridgehead atoms. The average Bonchev–Trinajstić information content (AvgIpc) is 2.73. The zero-order chi connectivity index (χ0) is 13.3. The normalized spacial score (nSPS) is 13.5. The van der Waals surface area contributed by atoms with Crippen LogP contribution < -0.4 is 0 Å². The molecule has 6 heteroatoms. The summed E-state index contributed by atoms with van der Waals surface area (Å²) in [5.74, 6) is 0. The molecule has 1 atom stereocenters. The Hall–Kier alpha value is -0.690. The fraction of sp³-hybridized carbons (Fsp3) is 0.167. The van der Waals surface area contributed by atoms with Gasteiger partial charge in [-0.1, -0.05) is 12.1 Å². The zero-order valence-corrected chi connectivity index (χ0v) is 12.7. The fourth-order valence-electron chi connectivity index (χ4n) is 1.58. The first-order chi connectivity index (χ1) is 8.39. The Morgan fingerprint density at radius 3 is 2.61 bits per heavy atom. The smallest absolute Gasteiger partial charge is 0.175 e. The maximum atomic E-state index is 11.5. The first-order valence-corrected chi connectivity index (χ1v) is 8.72. The van der Waals surface area contributed by atoms with Crippen LogP contribution >= 0.6 is 27.3 Å². The van der Waals surface area contributed by atoms with Gasteiger partial charge in [0.1, 0.15) is 6.10 Å². The third kappa shape index (κ3) is 2.83. The van der Waals surface area contributed by atoms with Gasteiger partial charge in [-0.3, -0.25) is 0 Å². The Bertz CT molecular complexity index is 661. The summed E-state index contributed by atoms with van der Waals surface area (Å²) in [7, 11) is -3.26. The highest BCUT2D eigenvalue weighted by Gasteiger charge is 2.16. The minimum Gasteiger partial charge on any atom is -0.384 e. The lowest BCUT2D eigenvalue weighted by molar-refractivity contribution is 0.220. The first kappa shape index (κ1) is 13.7. The monoisotopic (exact) mass is 346 g/mol. The van der Waals surface area contributed by atoms with Gasteiger partial charge in [-0.25, -0.2) is 8.42 Å². The number of aliphatic hydroxyl groups excluding tert-OH is 1. The standard InChI is InChI=1S/C12H11BrO3S2/c1-18(15,16)9-4-2-3-8(5-9)12(14)10-6-17-7-11(10)13/h2-7,12,14H,1H3. The van der Waals surface area contributed by atoms with Crippen LogP contribution in [0.1, 0.15) is 17.2 Å². The average molecular weight is 347 g/mol. The number of hydrogen-bond donors (Lipinski definition) is 1. The van der Waals surface area contributed by atoms with Crippen molar-refractivity contribution in [2.75, 3.05) is 6.26 Å². The number of rotatable bonds is 3. The summed E-state index contributed by atoms with van der Waals surface area (Å²) >= 11 is 4.83. The van der Waals surface area contributed by atoms with Crippen LogP contribution in [-0.4, -0.2) is 19.8 Å². The van der Waals surface area contributed by atoms with E-state index in [0.29, 0.717) is 5.56 Å². The fourth-order valence-corrected chi connectivity index (χ4v) is 3.79. The molecule has 0 aliphatic heterocycles.